The molecule has 0 aliphatic carbocycles. The van der Waals surface area contributed by atoms with Crippen LogP contribution >= 0.6 is 0 Å². The predicted molar refractivity (Wildman–Crippen MR) is 149 cm³/mol. The van der Waals surface area contributed by atoms with E-state index in [1.807, 2.05) is 35.2 Å². The maximum absolute atomic E-state index is 11.3. The molecule has 47 heavy (non-hydrogen) atoms. The van der Waals surface area contributed by atoms with Crippen molar-refractivity contribution in [1.29, 1.82) is 0 Å². The molecule has 10 N–H and O–H groups in total. The molecule has 19 heteroatoms. The van der Waals surface area contributed by atoms with Gasteiger partial charge in [0.05, 0.1) is 31.7 Å². The largest absolute Gasteiger partial charge is 0.394 e. The normalized spacial score (nSPS) is 41.2. The molecule has 19 nitrogen and oxygen atoms in total. The number of aromatic nitrogens is 4. The highest BCUT2D eigenvalue weighted by atomic mass is 16.7. The summed E-state index contributed by atoms with van der Waals surface area (Å²) in [4.78, 5) is 0. The minimum Gasteiger partial charge on any atom is -0.394 e. The Bertz CT molecular complexity index is 1250. The van der Waals surface area contributed by atoms with Crippen LogP contribution in [0.5, 0.6) is 0 Å². The topological polar surface area (TPSA) is 283 Å². The molecule has 0 amide bonds. The summed E-state index contributed by atoms with van der Waals surface area (Å²) in [6.07, 6.45) is -18.0. The Balaban J connectivity index is 1.29. The van der Waals surface area contributed by atoms with Crippen LogP contribution in [0.2, 0.25) is 0 Å². The van der Waals surface area contributed by atoms with Crippen LogP contribution in [0.4, 0.5) is 0 Å². The van der Waals surface area contributed by atoms with E-state index in [0.29, 0.717) is 12.1 Å². The number of aryl methyl sites for hydroxylation is 2. The van der Waals surface area contributed by atoms with Crippen molar-refractivity contribution in [3.63, 3.8) is 0 Å². The van der Waals surface area contributed by atoms with Gasteiger partial charge in [0.25, 0.3) is 0 Å². The van der Waals surface area contributed by atoms with Gasteiger partial charge in [-0.15, -0.1) is 5.10 Å². The summed E-state index contributed by atoms with van der Waals surface area (Å²) in [5, 5.41) is 112. The highest BCUT2D eigenvalue weighted by molar-refractivity contribution is 4.99. The van der Waals surface area contributed by atoms with Crippen LogP contribution in [0.3, 0.4) is 0 Å². The molecule has 0 bridgehead atoms. The number of pyridine rings is 1. The Morgan fingerprint density at radius 3 is 1.83 bits per heavy atom. The van der Waals surface area contributed by atoms with E-state index < -0.39 is 112 Å². The van der Waals surface area contributed by atoms with E-state index in [0.717, 1.165) is 13.0 Å². The molecule has 3 saturated heterocycles. The summed E-state index contributed by atoms with van der Waals surface area (Å²) in [6, 6.07) is 5.75. The number of rotatable bonds is 12. The van der Waals surface area contributed by atoms with Gasteiger partial charge in [-0.1, -0.05) is 11.3 Å². The zero-order valence-corrected chi connectivity index (χ0v) is 25.2. The minimum absolute atomic E-state index is 0.541. The first-order chi connectivity index (χ1) is 22.6. The summed E-state index contributed by atoms with van der Waals surface area (Å²) in [5.74, 6) is 0. The van der Waals surface area contributed by atoms with E-state index in [9.17, 15) is 51.1 Å². The molecule has 2 aromatic rings. The van der Waals surface area contributed by atoms with Crippen molar-refractivity contribution >= 4 is 0 Å². The number of ether oxygens (including phenoxy) is 5. The van der Waals surface area contributed by atoms with Crippen LogP contribution in [0.25, 0.3) is 0 Å². The molecule has 3 fully saturated rings. The third-order valence-corrected chi connectivity index (χ3v) is 8.54. The molecule has 3 aliphatic heterocycles. The first-order valence-corrected chi connectivity index (χ1v) is 15.3. The fourth-order valence-electron chi connectivity index (χ4n) is 5.84. The van der Waals surface area contributed by atoms with Gasteiger partial charge in [0.15, 0.2) is 31.2 Å². The Morgan fingerprint density at radius 2 is 1.21 bits per heavy atom. The van der Waals surface area contributed by atoms with E-state index in [1.54, 1.807) is 6.20 Å². The van der Waals surface area contributed by atoms with Gasteiger partial charge in [0.1, 0.15) is 79.8 Å². The average Bonchev–Trinajstić information content (AvgIpc) is 3.55. The predicted octanol–water partition coefficient (Wildman–Crippen LogP) is -6.18. The number of aliphatic hydroxyl groups excluding tert-OH is 10. The Kier molecular flexibility index (Phi) is 12.2. The van der Waals surface area contributed by atoms with Crippen LogP contribution in [-0.4, -0.2) is 172 Å². The lowest BCUT2D eigenvalue weighted by molar-refractivity contribution is -0.697. The van der Waals surface area contributed by atoms with E-state index in [2.05, 4.69) is 10.3 Å². The van der Waals surface area contributed by atoms with E-state index in [1.165, 1.54) is 4.68 Å². The average molecular weight is 676 g/mol. The molecule has 15 atom stereocenters. The summed E-state index contributed by atoms with van der Waals surface area (Å²) in [6.45, 7) is -1.55. The summed E-state index contributed by atoms with van der Waals surface area (Å²) in [5.41, 5.74) is 0.584. The SMILES string of the molecule is OC[C@H]1O[C@@H](O[C@@H]2[C@@H](O)[C@H](O[C@@H]3[C@@H](O)[C@H](n4cc(CCC[n+]5ccccc5)nn4)O[C@H](CO)[C@H]3O)O[C@H](CO)[C@H]2O)[C@H](O)[C@@H](O)[C@@H]1O. The maximum Gasteiger partial charge on any atom is 0.187 e. The zero-order chi connectivity index (χ0) is 33.8. The first-order valence-electron chi connectivity index (χ1n) is 15.3. The third-order valence-electron chi connectivity index (χ3n) is 8.54. The van der Waals surface area contributed by atoms with E-state index in [4.69, 9.17) is 23.7 Å². The van der Waals surface area contributed by atoms with Crippen LogP contribution < -0.4 is 4.57 Å². The van der Waals surface area contributed by atoms with Crippen LogP contribution in [0.15, 0.2) is 36.8 Å². The van der Waals surface area contributed by atoms with E-state index in [-0.39, 0.29) is 0 Å². The van der Waals surface area contributed by atoms with Gasteiger partial charge in [-0.25, -0.2) is 9.25 Å². The Morgan fingerprint density at radius 1 is 0.660 bits per heavy atom. The van der Waals surface area contributed by atoms with Crippen LogP contribution in [-0.2, 0) is 36.6 Å². The van der Waals surface area contributed by atoms with E-state index >= 15 is 0 Å². The van der Waals surface area contributed by atoms with Gasteiger partial charge >= 0.3 is 0 Å². The molecule has 3 aliphatic rings. The van der Waals surface area contributed by atoms with Crippen molar-refractivity contribution in [2.75, 3.05) is 19.8 Å². The second-order valence-electron chi connectivity index (χ2n) is 11.7. The second kappa shape index (κ2) is 15.9. The lowest BCUT2D eigenvalue weighted by Crippen LogP contribution is -2.66. The molecule has 5 rings (SSSR count). The highest BCUT2D eigenvalue weighted by Gasteiger charge is 2.54. The van der Waals surface area contributed by atoms with Gasteiger partial charge in [0, 0.05) is 18.6 Å². The minimum atomic E-state index is -1.92. The van der Waals surface area contributed by atoms with Crippen LogP contribution in [0, 0.1) is 0 Å². The van der Waals surface area contributed by atoms with Gasteiger partial charge in [0.2, 0.25) is 0 Å². The number of aliphatic hydroxyl groups is 10. The quantitative estimate of drug-likeness (QED) is 0.0937. The lowest BCUT2D eigenvalue weighted by atomic mass is 9.95. The van der Waals surface area contributed by atoms with Gasteiger partial charge in [-0.3, -0.25) is 0 Å². The summed E-state index contributed by atoms with van der Waals surface area (Å²) < 4.78 is 31.2. The van der Waals surface area contributed by atoms with Gasteiger partial charge < -0.3 is 74.7 Å². The second-order valence-corrected chi connectivity index (χ2v) is 11.7. The van der Waals surface area contributed by atoms with Crippen molar-refractivity contribution in [3.8, 4) is 0 Å². The highest BCUT2D eigenvalue weighted by Crippen LogP contribution is 2.34. The molecular weight excluding hydrogens is 632 g/mol. The molecule has 0 aromatic carbocycles. The van der Waals surface area contributed by atoms with Gasteiger partial charge in [-0.2, -0.15) is 0 Å². The zero-order valence-electron chi connectivity index (χ0n) is 25.2. The molecule has 0 radical (unpaired) electrons. The molecule has 0 saturated carbocycles. The maximum atomic E-state index is 11.3. The van der Waals surface area contributed by atoms with Crippen molar-refractivity contribution in [1.82, 2.24) is 15.0 Å². The number of hydrogen-bond acceptors (Lipinski definition) is 17. The molecule has 0 unspecified atom stereocenters. The summed E-state index contributed by atoms with van der Waals surface area (Å²) >= 11 is 0. The Hall–Kier alpha value is -2.31. The fraction of sp³-hybridized carbons (Fsp3) is 0.750. The van der Waals surface area contributed by atoms with Crippen molar-refractivity contribution in [2.45, 2.75) is 111 Å². The molecular formula is C28H43N4O15+. The van der Waals surface area contributed by atoms with Crippen LogP contribution in [0.1, 0.15) is 18.3 Å². The monoisotopic (exact) mass is 675 g/mol. The number of hydrogen-bond donors (Lipinski definition) is 10. The van der Waals surface area contributed by atoms with Crippen molar-refractivity contribution < 1.29 is 79.3 Å². The molecule has 2 aromatic heterocycles. The fourth-order valence-corrected chi connectivity index (χ4v) is 5.84. The molecule has 0 spiro atoms. The first kappa shape index (κ1) is 36.0. The summed E-state index contributed by atoms with van der Waals surface area (Å²) in [7, 11) is 0. The lowest BCUT2D eigenvalue weighted by Gasteiger charge is -2.48. The number of nitrogens with zero attached hydrogens (tertiary/aromatic N) is 4. The Labute approximate surface area is 268 Å². The molecule has 5 heterocycles. The smallest absolute Gasteiger partial charge is 0.187 e. The van der Waals surface area contributed by atoms with Crippen molar-refractivity contribution in [3.05, 3.63) is 42.5 Å². The molecule has 264 valence electrons. The van der Waals surface area contributed by atoms with Gasteiger partial charge in [-0.05, 0) is 6.42 Å². The standard InChI is InChI=1S/C28H43N4O15/c33-10-14-17(36)20(39)21(40)27(44-14)47-25-19(38)16(12-35)45-28(23(25)42)46-24-18(37)15(11-34)43-26(22(24)41)32-9-13(29-30-32)5-4-8-31-6-2-1-3-7-31/h1-3,6-7,9,14-28,33-42H,4-5,8,10-12H2/q+1/t14-,15-,16-,17-,18-,19-,20+,21-,22-,23-,24+,25+,26-,27+,28+/m1/s1. The third kappa shape index (κ3) is 7.80. The van der Waals surface area contributed by atoms with Crippen molar-refractivity contribution in [2.24, 2.45) is 0 Å².